The molecule has 0 fully saturated rings. The molecule has 2 amide bonds. The fourth-order valence-corrected chi connectivity index (χ4v) is 2.21. The Balaban J connectivity index is 2.04. The topological polar surface area (TPSA) is 93.4 Å². The second kappa shape index (κ2) is 8.79. The third-order valence-electron chi connectivity index (χ3n) is 3.41. The van der Waals surface area contributed by atoms with Crippen LogP contribution in [-0.4, -0.2) is 25.5 Å². The van der Waals surface area contributed by atoms with E-state index in [1.54, 1.807) is 30.3 Å². The van der Waals surface area contributed by atoms with Crippen molar-refractivity contribution in [2.45, 2.75) is 12.8 Å². The molecule has 0 aliphatic carbocycles. The maximum absolute atomic E-state index is 12.9. The minimum atomic E-state index is -0.349. The third-order valence-corrected chi connectivity index (χ3v) is 3.41. The molecule has 6 nitrogen and oxygen atoms in total. The van der Waals surface area contributed by atoms with Crippen molar-refractivity contribution in [3.63, 3.8) is 0 Å². The normalized spacial score (nSPS) is 10.2. The lowest BCUT2D eigenvalue weighted by Crippen LogP contribution is -2.17. The van der Waals surface area contributed by atoms with Crippen molar-refractivity contribution in [1.29, 1.82) is 0 Å². The van der Waals surface area contributed by atoms with Gasteiger partial charge in [-0.3, -0.25) is 9.59 Å². The SMILES string of the molecule is COc1cc(NC(=O)CCN)ccc1NC(=O)Cc1ccc(F)cc1. The first kappa shape index (κ1) is 18.4. The monoisotopic (exact) mass is 345 g/mol. The predicted molar refractivity (Wildman–Crippen MR) is 94.0 cm³/mol. The standard InChI is InChI=1S/C18H20FN3O3/c1-25-16-11-14(21-17(23)8-9-20)6-7-15(16)22-18(24)10-12-2-4-13(19)5-3-12/h2-7,11H,8-10,20H2,1H3,(H,21,23)(H,22,24). The fourth-order valence-electron chi connectivity index (χ4n) is 2.21. The van der Waals surface area contributed by atoms with E-state index in [9.17, 15) is 14.0 Å². The summed E-state index contributed by atoms with van der Waals surface area (Å²) in [6.07, 6.45) is 0.330. The van der Waals surface area contributed by atoms with Crippen LogP contribution in [0, 0.1) is 5.82 Å². The van der Waals surface area contributed by atoms with Gasteiger partial charge in [0.2, 0.25) is 11.8 Å². The highest BCUT2D eigenvalue weighted by molar-refractivity contribution is 5.95. The van der Waals surface area contributed by atoms with Crippen LogP contribution >= 0.6 is 0 Å². The summed E-state index contributed by atoms with van der Waals surface area (Å²) in [5.41, 5.74) is 7.06. The number of anilines is 2. The molecule has 0 spiro atoms. The molecule has 0 atom stereocenters. The van der Waals surface area contributed by atoms with Gasteiger partial charge in [0.1, 0.15) is 11.6 Å². The molecule has 0 bridgehead atoms. The number of ether oxygens (including phenoxy) is 1. The molecule has 2 aromatic rings. The summed E-state index contributed by atoms with van der Waals surface area (Å²) < 4.78 is 18.1. The van der Waals surface area contributed by atoms with E-state index in [1.165, 1.54) is 19.2 Å². The molecule has 132 valence electrons. The van der Waals surface area contributed by atoms with Crippen LogP contribution in [0.1, 0.15) is 12.0 Å². The van der Waals surface area contributed by atoms with Gasteiger partial charge in [0.05, 0.1) is 19.2 Å². The molecule has 0 aliphatic heterocycles. The van der Waals surface area contributed by atoms with Gasteiger partial charge in [-0.05, 0) is 29.8 Å². The first-order valence-corrected chi connectivity index (χ1v) is 7.74. The second-order valence-electron chi connectivity index (χ2n) is 5.35. The second-order valence-corrected chi connectivity index (χ2v) is 5.35. The summed E-state index contributed by atoms with van der Waals surface area (Å²) in [5, 5.41) is 5.44. The van der Waals surface area contributed by atoms with Crippen LogP contribution in [0.3, 0.4) is 0 Å². The van der Waals surface area contributed by atoms with Crippen LogP contribution < -0.4 is 21.1 Å². The first-order chi connectivity index (χ1) is 12.0. The Morgan fingerprint density at radius 1 is 1.08 bits per heavy atom. The molecule has 0 saturated heterocycles. The molecule has 2 aromatic carbocycles. The van der Waals surface area contributed by atoms with E-state index < -0.39 is 0 Å². The van der Waals surface area contributed by atoms with Crippen molar-refractivity contribution in [2.75, 3.05) is 24.3 Å². The Bertz CT molecular complexity index is 748. The molecule has 7 heteroatoms. The lowest BCUT2D eigenvalue weighted by molar-refractivity contribution is -0.116. The molecule has 0 aliphatic rings. The van der Waals surface area contributed by atoms with Crippen LogP contribution in [0.4, 0.5) is 15.8 Å². The summed E-state index contributed by atoms with van der Waals surface area (Å²) in [6, 6.07) is 10.6. The van der Waals surface area contributed by atoms with Crippen molar-refractivity contribution < 1.29 is 18.7 Å². The van der Waals surface area contributed by atoms with Crippen LogP contribution in [0.15, 0.2) is 42.5 Å². The number of carbonyl (C=O) groups excluding carboxylic acids is 2. The molecule has 25 heavy (non-hydrogen) atoms. The summed E-state index contributed by atoms with van der Waals surface area (Å²) in [6.45, 7) is 0.264. The lowest BCUT2D eigenvalue weighted by atomic mass is 10.1. The van der Waals surface area contributed by atoms with Crippen LogP contribution in [0.25, 0.3) is 0 Å². The predicted octanol–water partition coefficient (Wildman–Crippen LogP) is 2.30. The maximum Gasteiger partial charge on any atom is 0.228 e. The van der Waals surface area contributed by atoms with E-state index in [1.807, 2.05) is 0 Å². The van der Waals surface area contributed by atoms with Gasteiger partial charge < -0.3 is 21.1 Å². The zero-order valence-electron chi connectivity index (χ0n) is 13.8. The number of nitrogens with one attached hydrogen (secondary N) is 2. The number of hydrogen-bond donors (Lipinski definition) is 3. The first-order valence-electron chi connectivity index (χ1n) is 7.74. The average Bonchev–Trinajstić information content (AvgIpc) is 2.58. The average molecular weight is 345 g/mol. The smallest absolute Gasteiger partial charge is 0.228 e. The number of amides is 2. The number of hydrogen-bond acceptors (Lipinski definition) is 4. The quantitative estimate of drug-likeness (QED) is 0.718. The van der Waals surface area contributed by atoms with Gasteiger partial charge in [0.15, 0.2) is 0 Å². The molecular weight excluding hydrogens is 325 g/mol. The fraction of sp³-hybridized carbons (Fsp3) is 0.222. The van der Waals surface area contributed by atoms with Gasteiger partial charge in [-0.15, -0.1) is 0 Å². The highest BCUT2D eigenvalue weighted by Gasteiger charge is 2.10. The van der Waals surface area contributed by atoms with Crippen molar-refractivity contribution >= 4 is 23.2 Å². The van der Waals surface area contributed by atoms with Crippen molar-refractivity contribution in [2.24, 2.45) is 5.73 Å². The Morgan fingerprint density at radius 2 is 1.80 bits per heavy atom. The number of halogens is 1. The van der Waals surface area contributed by atoms with Crippen molar-refractivity contribution in [3.8, 4) is 5.75 Å². The molecule has 0 unspecified atom stereocenters. The summed E-state index contributed by atoms with van der Waals surface area (Å²) in [7, 11) is 1.47. The number of methoxy groups -OCH3 is 1. The molecule has 0 radical (unpaired) electrons. The van der Waals surface area contributed by atoms with Gasteiger partial charge in [0, 0.05) is 24.7 Å². The van der Waals surface area contributed by atoms with E-state index in [2.05, 4.69) is 10.6 Å². The largest absolute Gasteiger partial charge is 0.494 e. The van der Waals surface area contributed by atoms with Crippen LogP contribution in [0.5, 0.6) is 5.75 Å². The lowest BCUT2D eigenvalue weighted by Gasteiger charge is -2.12. The molecule has 0 saturated carbocycles. The number of nitrogens with two attached hydrogens (primary N) is 1. The van der Waals surface area contributed by atoms with Crippen molar-refractivity contribution in [3.05, 3.63) is 53.8 Å². The maximum atomic E-state index is 12.9. The summed E-state index contributed by atoms with van der Waals surface area (Å²) in [4.78, 5) is 23.7. The zero-order valence-corrected chi connectivity index (χ0v) is 13.8. The van der Waals surface area contributed by atoms with Gasteiger partial charge in [0.25, 0.3) is 0 Å². The molecular formula is C18H20FN3O3. The highest BCUT2D eigenvalue weighted by atomic mass is 19.1. The molecule has 0 heterocycles. The van der Waals surface area contributed by atoms with E-state index in [0.29, 0.717) is 22.7 Å². The number of rotatable bonds is 7. The van der Waals surface area contributed by atoms with Crippen LogP contribution in [-0.2, 0) is 16.0 Å². The van der Waals surface area contributed by atoms with Crippen molar-refractivity contribution in [1.82, 2.24) is 0 Å². The molecule has 2 rings (SSSR count). The zero-order chi connectivity index (χ0) is 18.2. The van der Waals surface area contributed by atoms with E-state index >= 15 is 0 Å². The van der Waals surface area contributed by atoms with Gasteiger partial charge in [-0.2, -0.15) is 0 Å². The number of benzene rings is 2. The third kappa shape index (κ3) is 5.58. The Labute approximate surface area is 145 Å². The van der Waals surface area contributed by atoms with Gasteiger partial charge in [-0.1, -0.05) is 12.1 Å². The summed E-state index contributed by atoms with van der Waals surface area (Å²) >= 11 is 0. The highest BCUT2D eigenvalue weighted by Crippen LogP contribution is 2.28. The van der Waals surface area contributed by atoms with E-state index in [0.717, 1.165) is 0 Å². The number of carbonyl (C=O) groups is 2. The minimum absolute atomic E-state index is 0.110. The van der Waals surface area contributed by atoms with E-state index in [-0.39, 0.29) is 37.0 Å². The van der Waals surface area contributed by atoms with E-state index in [4.69, 9.17) is 10.5 Å². The Hall–Kier alpha value is -2.93. The van der Waals surface area contributed by atoms with Gasteiger partial charge >= 0.3 is 0 Å². The minimum Gasteiger partial charge on any atom is -0.494 e. The summed E-state index contributed by atoms with van der Waals surface area (Å²) in [5.74, 6) is -0.390. The van der Waals surface area contributed by atoms with Crippen LogP contribution in [0.2, 0.25) is 0 Å². The molecule has 0 aromatic heterocycles. The molecule has 4 N–H and O–H groups in total. The Kier molecular flexibility index (Phi) is 6.47. The Morgan fingerprint density at radius 3 is 2.44 bits per heavy atom. The van der Waals surface area contributed by atoms with Gasteiger partial charge in [-0.25, -0.2) is 4.39 Å².